The van der Waals surface area contributed by atoms with Crippen LogP contribution in [0.5, 0.6) is 0 Å². The van der Waals surface area contributed by atoms with Crippen LogP contribution in [0.2, 0.25) is 0 Å². The van der Waals surface area contributed by atoms with Crippen molar-refractivity contribution in [2.75, 3.05) is 0 Å². The second-order valence-electron chi connectivity index (χ2n) is 3.04. The van der Waals surface area contributed by atoms with Gasteiger partial charge in [0.05, 0.1) is 0 Å². The summed E-state index contributed by atoms with van der Waals surface area (Å²) in [5.41, 5.74) is -0.467. The van der Waals surface area contributed by atoms with E-state index < -0.39 is 11.9 Å². The molecular formula is C10H5BrF3IrN2-. The van der Waals surface area contributed by atoms with Crippen molar-refractivity contribution in [3.63, 3.8) is 0 Å². The Kier molecular flexibility index (Phi) is 4.52. The molecule has 0 atom stereocenters. The monoisotopic (exact) mass is 482 g/mol. The Balaban J connectivity index is 0.00000144. The molecule has 17 heavy (non-hydrogen) atoms. The van der Waals surface area contributed by atoms with Crippen molar-refractivity contribution in [2.24, 2.45) is 0 Å². The van der Waals surface area contributed by atoms with Crippen LogP contribution in [-0.4, -0.2) is 9.78 Å². The molecule has 2 rings (SSSR count). The maximum Gasteiger partial charge on any atom is 0.435 e. The summed E-state index contributed by atoms with van der Waals surface area (Å²) in [4.78, 5) is 0. The van der Waals surface area contributed by atoms with E-state index in [1.54, 1.807) is 18.2 Å². The summed E-state index contributed by atoms with van der Waals surface area (Å²) in [6, 6.07) is 8.69. The Bertz CT molecular complexity index is 510. The molecule has 0 amide bonds. The van der Waals surface area contributed by atoms with E-state index in [4.69, 9.17) is 0 Å². The van der Waals surface area contributed by atoms with Crippen molar-refractivity contribution < 1.29 is 33.3 Å². The first kappa shape index (κ1) is 14.4. The van der Waals surface area contributed by atoms with Crippen molar-refractivity contribution in [3.05, 3.63) is 46.7 Å². The molecule has 0 aliphatic rings. The number of hydrogen-bond acceptors (Lipinski definition) is 1. The van der Waals surface area contributed by atoms with Crippen molar-refractivity contribution >= 4 is 15.9 Å². The minimum absolute atomic E-state index is 0. The van der Waals surface area contributed by atoms with Gasteiger partial charge in [-0.1, -0.05) is 20.4 Å². The molecule has 0 aliphatic carbocycles. The van der Waals surface area contributed by atoms with E-state index in [-0.39, 0.29) is 20.1 Å². The smallest absolute Gasteiger partial charge is 0.265 e. The van der Waals surface area contributed by atoms with Crippen LogP contribution in [0, 0.1) is 6.07 Å². The Hall–Kier alpha value is -0.651. The molecule has 0 fully saturated rings. The summed E-state index contributed by atoms with van der Waals surface area (Å²) >= 11 is 3.22. The van der Waals surface area contributed by atoms with Crippen molar-refractivity contribution in [1.82, 2.24) is 9.78 Å². The SMILES string of the molecule is FC(F)(F)c1ccn(-c2[c-]ccc(Br)c2)n1.[Ir]. The summed E-state index contributed by atoms with van der Waals surface area (Å²) < 4.78 is 38.8. The molecule has 0 aliphatic heterocycles. The van der Waals surface area contributed by atoms with Gasteiger partial charge in [0, 0.05) is 26.3 Å². The van der Waals surface area contributed by atoms with Gasteiger partial charge in [0.2, 0.25) is 0 Å². The number of aromatic nitrogens is 2. The van der Waals surface area contributed by atoms with Crippen molar-refractivity contribution in [3.8, 4) is 5.69 Å². The zero-order chi connectivity index (χ0) is 11.8. The number of rotatable bonds is 1. The molecule has 2 nitrogen and oxygen atoms in total. The molecule has 1 aromatic carbocycles. The fraction of sp³-hybridized carbons (Fsp3) is 0.100. The van der Waals surface area contributed by atoms with Gasteiger partial charge in [-0.15, -0.1) is 6.07 Å². The molecule has 0 saturated heterocycles. The van der Waals surface area contributed by atoms with E-state index >= 15 is 0 Å². The van der Waals surface area contributed by atoms with Crippen LogP contribution >= 0.6 is 15.9 Å². The summed E-state index contributed by atoms with van der Waals surface area (Å²) in [5.74, 6) is 0. The standard InChI is InChI=1S/C10H5BrF3N2.Ir/c11-7-2-1-3-8(6-7)16-5-4-9(15-16)10(12,13)14;/h1-2,4-6H;/q-1;. The molecule has 1 radical (unpaired) electrons. The predicted octanol–water partition coefficient (Wildman–Crippen LogP) is 3.45. The third-order valence-corrected chi connectivity index (χ3v) is 2.37. The Labute approximate surface area is 117 Å². The van der Waals surface area contributed by atoms with Gasteiger partial charge < -0.3 is 0 Å². The molecular weight excluding hydrogens is 477 g/mol. The topological polar surface area (TPSA) is 17.8 Å². The van der Waals surface area contributed by atoms with Gasteiger partial charge in [-0.2, -0.15) is 36.5 Å². The Morgan fingerprint density at radius 1 is 1.29 bits per heavy atom. The van der Waals surface area contributed by atoms with Gasteiger partial charge >= 0.3 is 6.18 Å². The number of nitrogens with zero attached hydrogens (tertiary/aromatic N) is 2. The van der Waals surface area contributed by atoms with Gasteiger partial charge in [-0.25, -0.2) is 0 Å². The van der Waals surface area contributed by atoms with E-state index in [1.165, 1.54) is 6.20 Å². The minimum Gasteiger partial charge on any atom is -0.265 e. The minimum atomic E-state index is -4.42. The summed E-state index contributed by atoms with van der Waals surface area (Å²) in [5, 5.41) is 3.43. The molecule has 1 aromatic heterocycles. The van der Waals surface area contributed by atoms with Crippen LogP contribution in [0.3, 0.4) is 0 Å². The zero-order valence-corrected chi connectivity index (χ0v) is 12.1. The quantitative estimate of drug-likeness (QED) is 0.570. The van der Waals surface area contributed by atoms with Gasteiger partial charge in [-0.3, -0.25) is 4.68 Å². The molecule has 2 aromatic rings. The average Bonchev–Trinajstić information content (AvgIpc) is 2.65. The predicted molar refractivity (Wildman–Crippen MR) is 55.1 cm³/mol. The third kappa shape index (κ3) is 3.40. The summed E-state index contributed by atoms with van der Waals surface area (Å²) in [6.07, 6.45) is -3.17. The normalized spacial score (nSPS) is 11.1. The molecule has 0 saturated carbocycles. The Morgan fingerprint density at radius 2 is 2.00 bits per heavy atom. The molecule has 93 valence electrons. The first-order chi connectivity index (χ1) is 7.47. The number of benzene rings is 1. The van der Waals surface area contributed by atoms with Gasteiger partial charge in [0.1, 0.15) is 0 Å². The molecule has 0 bridgehead atoms. The number of halogens is 4. The Morgan fingerprint density at radius 3 is 2.53 bits per heavy atom. The van der Waals surface area contributed by atoms with Gasteiger partial charge in [-0.05, 0) is 11.8 Å². The number of hydrogen-bond donors (Lipinski definition) is 0. The largest absolute Gasteiger partial charge is 0.435 e. The van der Waals surface area contributed by atoms with Crippen LogP contribution < -0.4 is 0 Å². The van der Waals surface area contributed by atoms with Crippen LogP contribution in [-0.2, 0) is 26.3 Å². The van der Waals surface area contributed by atoms with Crippen molar-refractivity contribution in [1.29, 1.82) is 0 Å². The molecule has 0 unspecified atom stereocenters. The molecule has 0 spiro atoms. The summed E-state index contributed by atoms with van der Waals surface area (Å²) in [7, 11) is 0. The van der Waals surface area contributed by atoms with Gasteiger partial charge in [0.15, 0.2) is 5.69 Å². The third-order valence-electron chi connectivity index (χ3n) is 1.87. The average molecular weight is 482 g/mol. The fourth-order valence-corrected chi connectivity index (χ4v) is 1.52. The van der Waals surface area contributed by atoms with Crippen LogP contribution in [0.15, 0.2) is 34.9 Å². The second-order valence-corrected chi connectivity index (χ2v) is 3.95. The molecule has 7 heteroatoms. The van der Waals surface area contributed by atoms with Gasteiger partial charge in [0.25, 0.3) is 0 Å². The van der Waals surface area contributed by atoms with Crippen LogP contribution in [0.25, 0.3) is 5.69 Å². The maximum absolute atomic E-state index is 12.3. The van der Waals surface area contributed by atoms with E-state index in [1.807, 2.05) is 0 Å². The van der Waals surface area contributed by atoms with E-state index in [0.29, 0.717) is 5.69 Å². The maximum atomic E-state index is 12.3. The van der Waals surface area contributed by atoms with E-state index in [2.05, 4.69) is 27.1 Å². The summed E-state index contributed by atoms with van der Waals surface area (Å²) in [6.45, 7) is 0. The zero-order valence-electron chi connectivity index (χ0n) is 8.13. The van der Waals surface area contributed by atoms with E-state index in [9.17, 15) is 13.2 Å². The first-order valence-electron chi connectivity index (χ1n) is 4.27. The fourth-order valence-electron chi connectivity index (χ4n) is 1.17. The molecule has 0 N–H and O–H groups in total. The van der Waals surface area contributed by atoms with Crippen molar-refractivity contribution in [2.45, 2.75) is 6.18 Å². The second kappa shape index (κ2) is 5.33. The van der Waals surface area contributed by atoms with Crippen LogP contribution in [0.1, 0.15) is 5.69 Å². The van der Waals surface area contributed by atoms with E-state index in [0.717, 1.165) is 15.2 Å². The first-order valence-corrected chi connectivity index (χ1v) is 5.06. The molecule has 1 heterocycles. The van der Waals surface area contributed by atoms with Crippen LogP contribution in [0.4, 0.5) is 13.2 Å². The number of alkyl halides is 3.